The summed E-state index contributed by atoms with van der Waals surface area (Å²) in [6.45, 7) is 2.73. The predicted octanol–water partition coefficient (Wildman–Crippen LogP) is 1.71. The molecule has 0 spiro atoms. The molecule has 0 saturated heterocycles. The fourth-order valence-electron chi connectivity index (χ4n) is 2.85. The van der Waals surface area contributed by atoms with E-state index < -0.39 is 0 Å². The van der Waals surface area contributed by atoms with Crippen molar-refractivity contribution in [3.63, 3.8) is 0 Å². The van der Waals surface area contributed by atoms with Gasteiger partial charge in [0.25, 0.3) is 0 Å². The van der Waals surface area contributed by atoms with E-state index in [1.165, 1.54) is 10.8 Å². The van der Waals surface area contributed by atoms with E-state index in [1.54, 1.807) is 6.26 Å². The van der Waals surface area contributed by atoms with Crippen LogP contribution in [0.4, 0.5) is 0 Å². The van der Waals surface area contributed by atoms with E-state index in [9.17, 15) is 0 Å². The molecule has 0 amide bonds. The van der Waals surface area contributed by atoms with Crippen LogP contribution in [0.5, 0.6) is 0 Å². The maximum atomic E-state index is 5.38. The normalized spacial score (nSPS) is 13.0. The summed E-state index contributed by atoms with van der Waals surface area (Å²) in [6.07, 6.45) is 1.69. The lowest BCUT2D eigenvalue weighted by atomic mass is 10.1. The molecule has 4 heteroatoms. The van der Waals surface area contributed by atoms with Crippen molar-refractivity contribution in [1.29, 1.82) is 0 Å². The smallest absolute Gasteiger partial charge is 0.126 e. The van der Waals surface area contributed by atoms with Gasteiger partial charge in [-0.3, -0.25) is 10.9 Å². The van der Waals surface area contributed by atoms with Crippen LogP contribution in [0.1, 0.15) is 16.9 Å². The fraction of sp³-hybridized carbons (Fsp3) is 0.100. The standard InChI is InChI=1S/C20H19N3O/c1-14-8-10-15(11-9-14)19-17-6-2-3-7-18(17)20(23-22-19)21-13-16-5-4-12-24-16/h2-12,21-23H,13H2,1H3. The average molecular weight is 317 g/mol. The molecule has 0 atom stereocenters. The van der Waals surface area contributed by atoms with Gasteiger partial charge in [0, 0.05) is 16.0 Å². The Kier molecular flexibility index (Phi) is 3.71. The van der Waals surface area contributed by atoms with Crippen molar-refractivity contribution in [1.82, 2.24) is 16.2 Å². The zero-order valence-corrected chi connectivity index (χ0v) is 13.5. The van der Waals surface area contributed by atoms with Gasteiger partial charge in [0.15, 0.2) is 0 Å². The monoisotopic (exact) mass is 317 g/mol. The van der Waals surface area contributed by atoms with Gasteiger partial charge >= 0.3 is 0 Å². The molecule has 2 aromatic carbocycles. The molecular weight excluding hydrogens is 298 g/mol. The summed E-state index contributed by atoms with van der Waals surface area (Å²) in [7, 11) is 0. The van der Waals surface area contributed by atoms with Gasteiger partial charge in [-0.1, -0.05) is 54.1 Å². The minimum atomic E-state index is 0.630. The molecule has 0 bridgehead atoms. The second-order valence-electron chi connectivity index (χ2n) is 5.84. The Balaban J connectivity index is 1.78. The second-order valence-corrected chi connectivity index (χ2v) is 5.84. The number of nitrogens with one attached hydrogen (secondary N) is 3. The van der Waals surface area contributed by atoms with Crippen molar-refractivity contribution in [3.05, 3.63) is 94.3 Å². The van der Waals surface area contributed by atoms with Crippen molar-refractivity contribution in [2.75, 3.05) is 0 Å². The molecule has 0 aliphatic carbocycles. The minimum Gasteiger partial charge on any atom is -0.467 e. The molecule has 1 aliphatic rings. The van der Waals surface area contributed by atoms with Crippen molar-refractivity contribution in [2.24, 2.45) is 0 Å². The lowest BCUT2D eigenvalue weighted by Crippen LogP contribution is -2.50. The molecule has 120 valence electrons. The third kappa shape index (κ3) is 2.74. The summed E-state index contributed by atoms with van der Waals surface area (Å²) < 4.78 is 5.38. The first-order chi connectivity index (χ1) is 11.8. The molecule has 4 nitrogen and oxygen atoms in total. The third-order valence-corrected chi connectivity index (χ3v) is 4.14. The van der Waals surface area contributed by atoms with Gasteiger partial charge in [-0.05, 0) is 19.1 Å². The summed E-state index contributed by atoms with van der Waals surface area (Å²) in [4.78, 5) is 0. The van der Waals surface area contributed by atoms with E-state index in [1.807, 2.05) is 18.2 Å². The predicted molar refractivity (Wildman–Crippen MR) is 94.6 cm³/mol. The van der Waals surface area contributed by atoms with E-state index in [0.717, 1.165) is 28.1 Å². The maximum absolute atomic E-state index is 5.38. The average Bonchev–Trinajstić information content (AvgIpc) is 3.14. The van der Waals surface area contributed by atoms with E-state index >= 15 is 0 Å². The van der Waals surface area contributed by atoms with E-state index in [-0.39, 0.29) is 0 Å². The number of hydrogen-bond acceptors (Lipinski definition) is 4. The number of hydrogen-bond donors (Lipinski definition) is 3. The molecule has 4 rings (SSSR count). The molecule has 0 unspecified atom stereocenters. The molecule has 3 aromatic rings. The van der Waals surface area contributed by atoms with Gasteiger partial charge in [-0.2, -0.15) is 0 Å². The molecular formula is C20H19N3O. The number of fused-ring (bicyclic) bond motifs is 1. The highest BCUT2D eigenvalue weighted by Crippen LogP contribution is 2.10. The Morgan fingerprint density at radius 3 is 2.42 bits per heavy atom. The van der Waals surface area contributed by atoms with Gasteiger partial charge in [0.2, 0.25) is 0 Å². The van der Waals surface area contributed by atoms with Crippen molar-refractivity contribution in [3.8, 4) is 0 Å². The van der Waals surface area contributed by atoms with Crippen LogP contribution in [0.2, 0.25) is 0 Å². The van der Waals surface area contributed by atoms with Crippen molar-refractivity contribution >= 4 is 11.5 Å². The maximum Gasteiger partial charge on any atom is 0.126 e. The Morgan fingerprint density at radius 1 is 0.875 bits per heavy atom. The van der Waals surface area contributed by atoms with Gasteiger partial charge in [0.1, 0.15) is 11.6 Å². The first kappa shape index (κ1) is 14.5. The van der Waals surface area contributed by atoms with Crippen LogP contribution in [0.25, 0.3) is 11.5 Å². The molecule has 1 aromatic heterocycles. The molecule has 2 heterocycles. The van der Waals surface area contributed by atoms with Crippen LogP contribution in [0, 0.1) is 6.92 Å². The Hall–Kier alpha value is -3.14. The highest BCUT2D eigenvalue weighted by Gasteiger charge is 2.11. The zero-order valence-electron chi connectivity index (χ0n) is 13.5. The van der Waals surface area contributed by atoms with E-state index in [0.29, 0.717) is 6.54 Å². The second kappa shape index (κ2) is 6.16. The van der Waals surface area contributed by atoms with Crippen LogP contribution in [0.15, 0.2) is 71.3 Å². The fourth-order valence-corrected chi connectivity index (χ4v) is 2.85. The van der Waals surface area contributed by atoms with Crippen LogP contribution >= 0.6 is 0 Å². The number of benzene rings is 2. The SMILES string of the molecule is Cc1ccc(C2=c3ccccc3=C(NCc3ccco3)NN2)cc1. The molecule has 0 saturated carbocycles. The summed E-state index contributed by atoms with van der Waals surface area (Å²) >= 11 is 0. The molecule has 3 N–H and O–H groups in total. The number of aryl methyl sites for hydroxylation is 1. The zero-order chi connectivity index (χ0) is 16.4. The number of hydrazine groups is 1. The Bertz CT molecular complexity index is 957. The summed E-state index contributed by atoms with van der Waals surface area (Å²) in [6, 6.07) is 20.7. The minimum absolute atomic E-state index is 0.630. The highest BCUT2D eigenvalue weighted by molar-refractivity contribution is 5.67. The quantitative estimate of drug-likeness (QED) is 0.686. The van der Waals surface area contributed by atoms with Crippen LogP contribution < -0.4 is 26.6 Å². The summed E-state index contributed by atoms with van der Waals surface area (Å²) in [5.74, 6) is 1.84. The molecule has 24 heavy (non-hydrogen) atoms. The lowest BCUT2D eigenvalue weighted by molar-refractivity contribution is 0.497. The Morgan fingerprint density at radius 2 is 1.67 bits per heavy atom. The number of rotatable bonds is 4. The topological polar surface area (TPSA) is 49.2 Å². The Labute approximate surface area is 140 Å². The third-order valence-electron chi connectivity index (χ3n) is 4.14. The molecule has 1 aliphatic heterocycles. The van der Waals surface area contributed by atoms with E-state index in [2.05, 4.69) is 65.6 Å². The molecule has 0 fully saturated rings. The van der Waals surface area contributed by atoms with Gasteiger partial charge < -0.3 is 9.73 Å². The summed E-state index contributed by atoms with van der Waals surface area (Å²) in [5, 5.41) is 5.70. The highest BCUT2D eigenvalue weighted by atomic mass is 16.3. The van der Waals surface area contributed by atoms with Crippen molar-refractivity contribution in [2.45, 2.75) is 13.5 Å². The van der Waals surface area contributed by atoms with Crippen LogP contribution in [-0.2, 0) is 6.54 Å². The van der Waals surface area contributed by atoms with Crippen LogP contribution in [0.3, 0.4) is 0 Å². The van der Waals surface area contributed by atoms with E-state index in [4.69, 9.17) is 4.42 Å². The first-order valence-electron chi connectivity index (χ1n) is 8.00. The lowest BCUT2D eigenvalue weighted by Gasteiger charge is -2.22. The summed E-state index contributed by atoms with van der Waals surface area (Å²) in [5.41, 5.74) is 10.1. The van der Waals surface area contributed by atoms with Gasteiger partial charge in [0.05, 0.1) is 18.5 Å². The van der Waals surface area contributed by atoms with Gasteiger partial charge in [-0.25, -0.2) is 0 Å². The first-order valence-corrected chi connectivity index (χ1v) is 8.00. The van der Waals surface area contributed by atoms with Crippen molar-refractivity contribution < 1.29 is 4.42 Å². The van der Waals surface area contributed by atoms with Gasteiger partial charge in [-0.15, -0.1) is 0 Å². The van der Waals surface area contributed by atoms with Crippen LogP contribution in [-0.4, -0.2) is 0 Å². The molecule has 0 radical (unpaired) electrons. The largest absolute Gasteiger partial charge is 0.467 e. The number of furan rings is 1.